The highest BCUT2D eigenvalue weighted by Gasteiger charge is 2.14. The zero-order valence-corrected chi connectivity index (χ0v) is 14.4. The van der Waals surface area contributed by atoms with Gasteiger partial charge in [-0.15, -0.1) is 0 Å². The molecule has 0 bridgehead atoms. The van der Waals surface area contributed by atoms with Gasteiger partial charge >= 0.3 is 0 Å². The SMILES string of the molecule is COCCNc1nc2ccccc2n1CC(=O)c1ccc(OC)cc1. The summed E-state index contributed by atoms with van der Waals surface area (Å²) in [7, 11) is 3.25. The number of imidazole rings is 1. The smallest absolute Gasteiger partial charge is 0.204 e. The van der Waals surface area contributed by atoms with Gasteiger partial charge in [0.2, 0.25) is 5.95 Å². The van der Waals surface area contributed by atoms with Gasteiger partial charge in [0.25, 0.3) is 0 Å². The summed E-state index contributed by atoms with van der Waals surface area (Å²) in [6.45, 7) is 1.40. The summed E-state index contributed by atoms with van der Waals surface area (Å²) in [5.41, 5.74) is 2.41. The van der Waals surface area contributed by atoms with E-state index in [-0.39, 0.29) is 12.3 Å². The van der Waals surface area contributed by atoms with Crippen LogP contribution in [0.3, 0.4) is 0 Å². The van der Waals surface area contributed by atoms with Crippen LogP contribution in [0.1, 0.15) is 10.4 Å². The number of ketones is 1. The van der Waals surface area contributed by atoms with Crippen molar-refractivity contribution in [3.63, 3.8) is 0 Å². The van der Waals surface area contributed by atoms with Crippen LogP contribution < -0.4 is 10.1 Å². The fourth-order valence-corrected chi connectivity index (χ4v) is 2.65. The predicted molar refractivity (Wildman–Crippen MR) is 97.4 cm³/mol. The van der Waals surface area contributed by atoms with E-state index in [2.05, 4.69) is 10.3 Å². The maximum absolute atomic E-state index is 12.7. The first kappa shape index (κ1) is 17.0. The Morgan fingerprint density at radius 1 is 1.12 bits per heavy atom. The minimum Gasteiger partial charge on any atom is -0.497 e. The summed E-state index contributed by atoms with van der Waals surface area (Å²) in [6, 6.07) is 14.9. The van der Waals surface area contributed by atoms with E-state index in [4.69, 9.17) is 9.47 Å². The van der Waals surface area contributed by atoms with Crippen molar-refractivity contribution in [1.29, 1.82) is 0 Å². The van der Waals surface area contributed by atoms with E-state index in [9.17, 15) is 4.79 Å². The number of methoxy groups -OCH3 is 2. The normalized spacial score (nSPS) is 10.8. The molecule has 25 heavy (non-hydrogen) atoms. The van der Waals surface area contributed by atoms with Gasteiger partial charge in [-0.25, -0.2) is 4.98 Å². The molecule has 2 aromatic carbocycles. The first-order valence-electron chi connectivity index (χ1n) is 8.08. The van der Waals surface area contributed by atoms with Gasteiger partial charge in [-0.05, 0) is 36.4 Å². The molecule has 1 heterocycles. The van der Waals surface area contributed by atoms with Crippen molar-refractivity contribution < 1.29 is 14.3 Å². The number of nitrogens with one attached hydrogen (secondary N) is 1. The fourth-order valence-electron chi connectivity index (χ4n) is 2.65. The molecule has 0 fully saturated rings. The van der Waals surface area contributed by atoms with E-state index in [1.807, 2.05) is 28.8 Å². The Hall–Kier alpha value is -2.86. The zero-order chi connectivity index (χ0) is 17.6. The van der Waals surface area contributed by atoms with Crippen molar-refractivity contribution in [2.75, 3.05) is 32.7 Å². The number of carbonyl (C=O) groups is 1. The summed E-state index contributed by atoms with van der Waals surface area (Å²) in [6.07, 6.45) is 0. The third-order valence-electron chi connectivity index (χ3n) is 3.96. The second kappa shape index (κ2) is 7.81. The van der Waals surface area contributed by atoms with Crippen LogP contribution in [0.5, 0.6) is 5.75 Å². The molecule has 0 aliphatic carbocycles. The first-order valence-corrected chi connectivity index (χ1v) is 8.08. The summed E-state index contributed by atoms with van der Waals surface area (Å²) in [5, 5.41) is 3.23. The Morgan fingerprint density at radius 3 is 2.60 bits per heavy atom. The molecule has 1 aromatic heterocycles. The number of rotatable bonds is 8. The van der Waals surface area contributed by atoms with E-state index in [1.165, 1.54) is 0 Å². The van der Waals surface area contributed by atoms with Crippen molar-refractivity contribution in [1.82, 2.24) is 9.55 Å². The van der Waals surface area contributed by atoms with Gasteiger partial charge in [0.15, 0.2) is 5.78 Å². The molecule has 0 unspecified atom stereocenters. The number of anilines is 1. The molecule has 0 atom stereocenters. The molecule has 0 aliphatic heterocycles. The van der Waals surface area contributed by atoms with Crippen LogP contribution >= 0.6 is 0 Å². The van der Waals surface area contributed by atoms with Gasteiger partial charge in [-0.1, -0.05) is 12.1 Å². The van der Waals surface area contributed by atoms with E-state index < -0.39 is 0 Å². The maximum Gasteiger partial charge on any atom is 0.204 e. The van der Waals surface area contributed by atoms with Crippen molar-refractivity contribution in [3.05, 3.63) is 54.1 Å². The van der Waals surface area contributed by atoms with Gasteiger partial charge in [0.05, 0.1) is 31.3 Å². The van der Waals surface area contributed by atoms with Crippen LogP contribution in [0.4, 0.5) is 5.95 Å². The second-order valence-corrected chi connectivity index (χ2v) is 5.58. The third kappa shape index (κ3) is 3.80. The zero-order valence-electron chi connectivity index (χ0n) is 14.4. The fraction of sp³-hybridized carbons (Fsp3) is 0.263. The average Bonchev–Trinajstić information content (AvgIpc) is 2.99. The molecule has 0 spiro atoms. The maximum atomic E-state index is 12.7. The number of hydrogen-bond acceptors (Lipinski definition) is 5. The summed E-state index contributed by atoms with van der Waals surface area (Å²) < 4.78 is 12.1. The standard InChI is InChI=1S/C19H21N3O3/c1-24-12-11-20-19-21-16-5-3-4-6-17(16)22(19)13-18(23)14-7-9-15(25-2)10-8-14/h3-10H,11-13H2,1-2H3,(H,20,21). The Morgan fingerprint density at radius 2 is 1.88 bits per heavy atom. The molecule has 3 aromatic rings. The van der Waals surface area contributed by atoms with Crippen molar-refractivity contribution in [2.24, 2.45) is 0 Å². The third-order valence-corrected chi connectivity index (χ3v) is 3.96. The number of aromatic nitrogens is 2. The first-order chi connectivity index (χ1) is 12.2. The molecule has 3 rings (SSSR count). The Kier molecular flexibility index (Phi) is 5.30. The number of carbonyl (C=O) groups excluding carboxylic acids is 1. The van der Waals surface area contributed by atoms with Crippen LogP contribution in [0.2, 0.25) is 0 Å². The lowest BCUT2D eigenvalue weighted by Gasteiger charge is -2.10. The minimum atomic E-state index is 0.0144. The molecule has 6 heteroatoms. The number of benzene rings is 2. The average molecular weight is 339 g/mol. The molecule has 130 valence electrons. The molecule has 0 aliphatic rings. The van der Waals surface area contributed by atoms with Gasteiger partial charge in [-0.2, -0.15) is 0 Å². The van der Waals surface area contributed by atoms with E-state index in [0.29, 0.717) is 24.7 Å². The highest BCUT2D eigenvalue weighted by Crippen LogP contribution is 2.21. The van der Waals surface area contributed by atoms with Crippen LogP contribution in [0, 0.1) is 0 Å². The molecule has 0 saturated heterocycles. The highest BCUT2D eigenvalue weighted by atomic mass is 16.5. The van der Waals surface area contributed by atoms with Crippen LogP contribution in [-0.2, 0) is 11.3 Å². The number of hydrogen-bond donors (Lipinski definition) is 1. The van der Waals surface area contributed by atoms with Gasteiger partial charge < -0.3 is 19.4 Å². The van der Waals surface area contributed by atoms with E-state index in [1.54, 1.807) is 38.5 Å². The van der Waals surface area contributed by atoms with Crippen molar-refractivity contribution >= 4 is 22.8 Å². The molecular formula is C19H21N3O3. The number of para-hydroxylation sites is 2. The van der Waals surface area contributed by atoms with Gasteiger partial charge in [-0.3, -0.25) is 4.79 Å². The predicted octanol–water partition coefficient (Wildman–Crippen LogP) is 2.99. The molecular weight excluding hydrogens is 318 g/mol. The highest BCUT2D eigenvalue weighted by molar-refractivity contribution is 5.97. The lowest BCUT2D eigenvalue weighted by Crippen LogP contribution is -2.16. The Balaban J connectivity index is 1.87. The molecule has 1 N–H and O–H groups in total. The summed E-state index contributed by atoms with van der Waals surface area (Å²) in [5.74, 6) is 1.41. The lowest BCUT2D eigenvalue weighted by atomic mass is 10.1. The van der Waals surface area contributed by atoms with Gasteiger partial charge in [0, 0.05) is 19.2 Å². The second-order valence-electron chi connectivity index (χ2n) is 5.58. The minimum absolute atomic E-state index is 0.0144. The molecule has 0 saturated carbocycles. The van der Waals surface area contributed by atoms with Crippen molar-refractivity contribution in [2.45, 2.75) is 6.54 Å². The van der Waals surface area contributed by atoms with Crippen LogP contribution in [0.25, 0.3) is 11.0 Å². The summed E-state index contributed by atoms with van der Waals surface area (Å²) >= 11 is 0. The summed E-state index contributed by atoms with van der Waals surface area (Å²) in [4.78, 5) is 17.3. The molecule has 0 radical (unpaired) electrons. The monoisotopic (exact) mass is 339 g/mol. The Labute approximate surface area is 146 Å². The molecule has 6 nitrogen and oxygen atoms in total. The van der Waals surface area contributed by atoms with E-state index >= 15 is 0 Å². The van der Waals surface area contributed by atoms with Gasteiger partial charge in [0.1, 0.15) is 5.75 Å². The number of fused-ring (bicyclic) bond motifs is 1. The van der Waals surface area contributed by atoms with Crippen LogP contribution in [0.15, 0.2) is 48.5 Å². The number of nitrogens with zero attached hydrogens (tertiary/aromatic N) is 2. The Bertz CT molecular complexity index is 856. The number of Topliss-reactive ketones (excluding diaryl/α,β-unsaturated/α-hetero) is 1. The van der Waals surface area contributed by atoms with Crippen molar-refractivity contribution in [3.8, 4) is 5.75 Å². The molecule has 0 amide bonds. The quantitative estimate of drug-likeness (QED) is 0.505. The topological polar surface area (TPSA) is 65.4 Å². The lowest BCUT2D eigenvalue weighted by molar-refractivity contribution is 0.0974. The van der Waals surface area contributed by atoms with Crippen LogP contribution in [-0.4, -0.2) is 42.7 Å². The largest absolute Gasteiger partial charge is 0.497 e. The van der Waals surface area contributed by atoms with E-state index in [0.717, 1.165) is 16.8 Å². The number of ether oxygens (including phenoxy) is 2.